The highest BCUT2D eigenvalue weighted by Crippen LogP contribution is 2.57. The van der Waals surface area contributed by atoms with E-state index in [1.165, 1.54) is 37.7 Å². The first-order chi connectivity index (χ1) is 6.96. The Bertz CT molecular complexity index is 317. The summed E-state index contributed by atoms with van der Waals surface area (Å²) in [4.78, 5) is 0. The van der Waals surface area contributed by atoms with Crippen molar-refractivity contribution in [1.82, 2.24) is 0 Å². The fraction of sp³-hybridized carbons (Fsp3) is 0.733. The van der Waals surface area contributed by atoms with Gasteiger partial charge in [0.25, 0.3) is 0 Å². The van der Waals surface area contributed by atoms with Crippen LogP contribution in [0.25, 0.3) is 0 Å². The Labute approximate surface area is 94.5 Å². The minimum Gasteiger partial charge on any atom is -0.0730 e. The number of hydrogen-bond acceptors (Lipinski definition) is 0. The molecule has 2 rings (SSSR count). The van der Waals surface area contributed by atoms with Gasteiger partial charge >= 0.3 is 0 Å². The molecular formula is C15H24. The Morgan fingerprint density at radius 1 is 1.00 bits per heavy atom. The molecule has 0 N–H and O–H groups in total. The first-order valence-corrected chi connectivity index (χ1v) is 6.32. The molecule has 0 aromatic heterocycles. The molecule has 15 heavy (non-hydrogen) atoms. The lowest BCUT2D eigenvalue weighted by Crippen LogP contribution is -2.32. The minimum atomic E-state index is 0.462. The summed E-state index contributed by atoms with van der Waals surface area (Å²) >= 11 is 0. The van der Waals surface area contributed by atoms with Gasteiger partial charge in [0.05, 0.1) is 0 Å². The molecule has 0 spiro atoms. The third-order valence-corrected chi connectivity index (χ3v) is 5.04. The second-order valence-corrected chi connectivity index (χ2v) is 6.27. The van der Waals surface area contributed by atoms with Crippen LogP contribution in [0.5, 0.6) is 0 Å². The molecule has 0 aromatic rings. The molecule has 0 bridgehead atoms. The molecule has 84 valence electrons. The van der Waals surface area contributed by atoms with E-state index in [9.17, 15) is 0 Å². The predicted molar refractivity (Wildman–Crippen MR) is 66.8 cm³/mol. The van der Waals surface area contributed by atoms with Crippen LogP contribution in [-0.4, -0.2) is 0 Å². The summed E-state index contributed by atoms with van der Waals surface area (Å²) in [5, 5.41) is 0. The van der Waals surface area contributed by atoms with Gasteiger partial charge in [-0.1, -0.05) is 50.5 Å². The van der Waals surface area contributed by atoms with Crippen LogP contribution < -0.4 is 0 Å². The fourth-order valence-electron chi connectivity index (χ4n) is 3.29. The molecule has 0 amide bonds. The largest absolute Gasteiger partial charge is 0.0730 e. The van der Waals surface area contributed by atoms with Gasteiger partial charge in [-0.15, -0.1) is 0 Å². The molecule has 2 aliphatic rings. The van der Waals surface area contributed by atoms with Gasteiger partial charge in [0.15, 0.2) is 0 Å². The van der Waals surface area contributed by atoms with Crippen molar-refractivity contribution in [2.75, 3.05) is 0 Å². The Hall–Kier alpha value is -0.520. The van der Waals surface area contributed by atoms with E-state index >= 15 is 0 Å². The van der Waals surface area contributed by atoms with Gasteiger partial charge in [-0.2, -0.15) is 0 Å². The zero-order chi connectivity index (χ0) is 11.1. The summed E-state index contributed by atoms with van der Waals surface area (Å²) in [6.45, 7) is 9.63. The molecule has 0 radical (unpaired) electrons. The highest BCUT2D eigenvalue weighted by molar-refractivity contribution is 5.30. The van der Waals surface area contributed by atoms with Gasteiger partial charge in [-0.05, 0) is 43.4 Å². The lowest BCUT2D eigenvalue weighted by molar-refractivity contribution is 0.172. The van der Waals surface area contributed by atoms with Gasteiger partial charge in [-0.25, -0.2) is 0 Å². The van der Waals surface area contributed by atoms with E-state index in [1.54, 1.807) is 5.57 Å². The standard InChI is InChI=1S/C15H24/c1-12-6-8-13(9-7-12)15(4)11-5-10-14(15,2)3/h6,8H,5,7,9-11H2,1-4H3. The zero-order valence-electron chi connectivity index (χ0n) is 10.7. The van der Waals surface area contributed by atoms with Crippen molar-refractivity contribution in [2.45, 2.75) is 59.8 Å². The van der Waals surface area contributed by atoms with Crippen molar-refractivity contribution in [1.29, 1.82) is 0 Å². The highest BCUT2D eigenvalue weighted by atomic mass is 14.5. The van der Waals surface area contributed by atoms with Crippen LogP contribution in [0, 0.1) is 10.8 Å². The first kappa shape index (κ1) is 11.0. The summed E-state index contributed by atoms with van der Waals surface area (Å²) < 4.78 is 0. The van der Waals surface area contributed by atoms with Crippen molar-refractivity contribution in [2.24, 2.45) is 10.8 Å². The van der Waals surface area contributed by atoms with Crippen molar-refractivity contribution in [3.05, 3.63) is 23.3 Å². The van der Waals surface area contributed by atoms with E-state index in [0.717, 1.165) is 0 Å². The third kappa shape index (κ3) is 1.68. The van der Waals surface area contributed by atoms with Crippen LogP contribution in [0.2, 0.25) is 0 Å². The van der Waals surface area contributed by atoms with Crippen LogP contribution in [-0.2, 0) is 0 Å². The van der Waals surface area contributed by atoms with E-state index in [1.807, 2.05) is 0 Å². The maximum atomic E-state index is 2.49. The lowest BCUT2D eigenvalue weighted by Gasteiger charge is -2.41. The van der Waals surface area contributed by atoms with E-state index in [2.05, 4.69) is 39.8 Å². The molecule has 1 fully saturated rings. The Kier molecular flexibility index (Phi) is 2.56. The second kappa shape index (κ2) is 3.50. The van der Waals surface area contributed by atoms with Crippen molar-refractivity contribution in [3.63, 3.8) is 0 Å². The second-order valence-electron chi connectivity index (χ2n) is 6.27. The summed E-state index contributed by atoms with van der Waals surface area (Å²) in [5.41, 5.74) is 4.20. The van der Waals surface area contributed by atoms with Gasteiger partial charge in [-0.3, -0.25) is 0 Å². The van der Waals surface area contributed by atoms with E-state index in [-0.39, 0.29) is 0 Å². The van der Waals surface area contributed by atoms with Gasteiger partial charge in [0.2, 0.25) is 0 Å². The molecule has 0 saturated heterocycles. The summed E-state index contributed by atoms with van der Waals surface area (Å²) in [6, 6.07) is 0. The van der Waals surface area contributed by atoms with Crippen LogP contribution in [0.3, 0.4) is 0 Å². The van der Waals surface area contributed by atoms with Crippen molar-refractivity contribution in [3.8, 4) is 0 Å². The molecule has 0 aliphatic heterocycles. The summed E-state index contributed by atoms with van der Waals surface area (Å²) in [6.07, 6.45) is 11.5. The van der Waals surface area contributed by atoms with Crippen molar-refractivity contribution >= 4 is 0 Å². The van der Waals surface area contributed by atoms with Crippen LogP contribution in [0.1, 0.15) is 59.8 Å². The lowest BCUT2D eigenvalue weighted by atomic mass is 9.63. The number of hydrogen-bond donors (Lipinski definition) is 0. The Morgan fingerprint density at radius 3 is 2.20 bits per heavy atom. The molecule has 0 heteroatoms. The van der Waals surface area contributed by atoms with Gasteiger partial charge in [0, 0.05) is 0 Å². The Balaban J connectivity index is 2.30. The fourth-order valence-corrected chi connectivity index (χ4v) is 3.29. The van der Waals surface area contributed by atoms with Gasteiger partial charge < -0.3 is 0 Å². The molecule has 1 saturated carbocycles. The molecule has 1 atom stereocenters. The van der Waals surface area contributed by atoms with E-state index < -0.39 is 0 Å². The highest BCUT2D eigenvalue weighted by Gasteiger charge is 2.46. The minimum absolute atomic E-state index is 0.462. The SMILES string of the molecule is CC1=CC=C(C2(C)CCCC2(C)C)CC1. The predicted octanol–water partition coefficient (Wildman–Crippen LogP) is 4.87. The zero-order valence-corrected chi connectivity index (χ0v) is 10.7. The molecule has 0 heterocycles. The third-order valence-electron chi connectivity index (χ3n) is 5.04. The van der Waals surface area contributed by atoms with Crippen LogP contribution >= 0.6 is 0 Å². The molecular weight excluding hydrogens is 180 g/mol. The normalized spacial score (nSPS) is 34.9. The topological polar surface area (TPSA) is 0 Å². The molecule has 2 aliphatic carbocycles. The average molecular weight is 204 g/mol. The summed E-state index contributed by atoms with van der Waals surface area (Å²) in [5.74, 6) is 0. The van der Waals surface area contributed by atoms with Crippen LogP contribution in [0.4, 0.5) is 0 Å². The monoisotopic (exact) mass is 204 g/mol. The number of allylic oxidation sites excluding steroid dienone is 4. The van der Waals surface area contributed by atoms with Crippen molar-refractivity contribution < 1.29 is 0 Å². The molecule has 0 aromatic carbocycles. The molecule has 1 unspecified atom stereocenters. The van der Waals surface area contributed by atoms with Crippen LogP contribution in [0.15, 0.2) is 23.3 Å². The van der Waals surface area contributed by atoms with E-state index in [4.69, 9.17) is 0 Å². The smallest absolute Gasteiger partial charge is 0.00620 e. The molecule has 0 nitrogen and oxygen atoms in total. The average Bonchev–Trinajstić information content (AvgIpc) is 2.43. The summed E-state index contributed by atoms with van der Waals surface area (Å²) in [7, 11) is 0. The van der Waals surface area contributed by atoms with E-state index in [0.29, 0.717) is 10.8 Å². The Morgan fingerprint density at radius 2 is 1.73 bits per heavy atom. The first-order valence-electron chi connectivity index (χ1n) is 6.32. The quantitative estimate of drug-likeness (QED) is 0.571. The van der Waals surface area contributed by atoms with Gasteiger partial charge in [0.1, 0.15) is 0 Å². The number of rotatable bonds is 1. The maximum absolute atomic E-state index is 2.49. The maximum Gasteiger partial charge on any atom is -0.00620 e.